The molecule has 1 N–H and O–H groups in total. The first-order valence-electron chi connectivity index (χ1n) is 15.7. The molecule has 0 spiro atoms. The highest BCUT2D eigenvalue weighted by Gasteiger charge is 2.41. The van der Waals surface area contributed by atoms with E-state index in [9.17, 15) is 26.4 Å². The van der Waals surface area contributed by atoms with Crippen molar-refractivity contribution in [2.45, 2.75) is 86.7 Å². The maximum atomic E-state index is 13.8. The van der Waals surface area contributed by atoms with Gasteiger partial charge in [-0.2, -0.15) is 17.5 Å². The Labute approximate surface area is 261 Å². The van der Waals surface area contributed by atoms with E-state index in [1.54, 1.807) is 12.1 Å². The number of carbonyl (C=O) groups is 1. The third-order valence-electron chi connectivity index (χ3n) is 9.93. The van der Waals surface area contributed by atoms with Gasteiger partial charge in [-0.05, 0) is 73.1 Å². The number of nitrogens with one attached hydrogen (secondary N) is 1. The first-order valence-corrected chi connectivity index (χ1v) is 17.1. The SMILES string of the molecule is O=C(C[C@H]1c2ccccc2CCN1S(=O)(=O)c1cccc(C(F)(F)F)c1)N[C@@H]1CCOc2cc(CN3C4CCC3CC4)ccc21. The van der Waals surface area contributed by atoms with Gasteiger partial charge < -0.3 is 10.1 Å². The van der Waals surface area contributed by atoms with Crippen molar-refractivity contribution in [1.82, 2.24) is 14.5 Å². The molecule has 238 valence electrons. The van der Waals surface area contributed by atoms with Crippen LogP contribution in [0.25, 0.3) is 0 Å². The number of carbonyl (C=O) groups excluding carboxylic acids is 1. The zero-order valence-electron chi connectivity index (χ0n) is 24.8. The number of benzene rings is 3. The highest BCUT2D eigenvalue weighted by atomic mass is 32.2. The van der Waals surface area contributed by atoms with Crippen LogP contribution in [0, 0.1) is 0 Å². The topological polar surface area (TPSA) is 79.0 Å². The number of alkyl halides is 3. The molecule has 4 heterocycles. The van der Waals surface area contributed by atoms with E-state index in [2.05, 4.69) is 22.3 Å². The Kier molecular flexibility index (Phi) is 7.90. The number of halogens is 3. The normalized spacial score (nSPS) is 25.0. The summed E-state index contributed by atoms with van der Waals surface area (Å²) in [5.74, 6) is 0.420. The van der Waals surface area contributed by atoms with Crippen molar-refractivity contribution in [1.29, 1.82) is 0 Å². The van der Waals surface area contributed by atoms with E-state index < -0.39 is 32.7 Å². The van der Waals surface area contributed by atoms with Crippen LogP contribution in [0.2, 0.25) is 0 Å². The number of sulfonamides is 1. The summed E-state index contributed by atoms with van der Waals surface area (Å²) in [6.07, 6.45) is 1.18. The van der Waals surface area contributed by atoms with Gasteiger partial charge in [0, 0.05) is 43.6 Å². The molecular weight excluding hydrogens is 603 g/mol. The number of hydrogen-bond acceptors (Lipinski definition) is 5. The largest absolute Gasteiger partial charge is 0.493 e. The Morgan fingerprint density at radius 2 is 1.67 bits per heavy atom. The standard InChI is InChI=1S/C34H36F3N3O4S/c35-34(36,37)24-5-3-6-27(19-24)45(42,43)40-16-14-23-4-1-2-7-28(23)31(40)20-33(41)38-30-15-17-44-32-18-22(8-13-29(30)32)21-39-25-9-10-26(39)12-11-25/h1-8,13,18-19,25-26,30-31H,9-12,14-17,20-21H2,(H,38,41)/t25?,26?,30-,31+/m1/s1. The van der Waals surface area contributed by atoms with Gasteiger partial charge in [-0.25, -0.2) is 8.42 Å². The van der Waals surface area contributed by atoms with Crippen LogP contribution in [0.15, 0.2) is 71.6 Å². The lowest BCUT2D eigenvalue weighted by Crippen LogP contribution is -2.43. The minimum atomic E-state index is -4.69. The van der Waals surface area contributed by atoms with Crippen LogP contribution >= 0.6 is 0 Å². The number of hydrogen-bond donors (Lipinski definition) is 1. The van der Waals surface area contributed by atoms with E-state index in [4.69, 9.17) is 4.74 Å². The molecule has 0 aromatic heterocycles. The zero-order chi connectivity index (χ0) is 31.3. The fourth-order valence-electron chi connectivity index (χ4n) is 7.70. The molecule has 0 aliphatic carbocycles. The van der Waals surface area contributed by atoms with Gasteiger partial charge in [0.2, 0.25) is 15.9 Å². The second-order valence-corrected chi connectivity index (χ2v) is 14.5. The highest BCUT2D eigenvalue weighted by molar-refractivity contribution is 7.89. The third-order valence-corrected chi connectivity index (χ3v) is 11.8. The monoisotopic (exact) mass is 639 g/mol. The lowest BCUT2D eigenvalue weighted by atomic mass is 9.92. The maximum Gasteiger partial charge on any atom is 0.416 e. The highest BCUT2D eigenvalue weighted by Crippen LogP contribution is 2.41. The molecule has 3 aromatic rings. The van der Waals surface area contributed by atoms with E-state index in [0.717, 1.165) is 35.6 Å². The Balaban J connectivity index is 1.11. The first-order chi connectivity index (χ1) is 21.6. The Morgan fingerprint density at radius 3 is 2.42 bits per heavy atom. The predicted molar refractivity (Wildman–Crippen MR) is 162 cm³/mol. The number of ether oxygens (including phenoxy) is 1. The summed E-state index contributed by atoms with van der Waals surface area (Å²) in [6, 6.07) is 17.5. The molecule has 2 bridgehead atoms. The summed E-state index contributed by atoms with van der Waals surface area (Å²) in [5.41, 5.74) is 2.64. The van der Waals surface area contributed by atoms with Crippen LogP contribution in [0.1, 0.15) is 78.4 Å². The van der Waals surface area contributed by atoms with Gasteiger partial charge in [0.1, 0.15) is 5.75 Å². The number of fused-ring (bicyclic) bond motifs is 4. The summed E-state index contributed by atoms with van der Waals surface area (Å²) < 4.78 is 75.2. The molecule has 45 heavy (non-hydrogen) atoms. The van der Waals surface area contributed by atoms with Crippen molar-refractivity contribution in [2.75, 3.05) is 13.2 Å². The molecule has 0 saturated carbocycles. The first kappa shape index (κ1) is 30.3. The van der Waals surface area contributed by atoms with Crippen molar-refractivity contribution < 1.29 is 31.1 Å². The predicted octanol–water partition coefficient (Wildman–Crippen LogP) is 6.15. The van der Waals surface area contributed by atoms with Crippen LogP contribution in [0.5, 0.6) is 5.75 Å². The van der Waals surface area contributed by atoms with E-state index in [1.807, 2.05) is 18.2 Å². The van der Waals surface area contributed by atoms with Gasteiger partial charge in [-0.1, -0.05) is 42.5 Å². The minimum Gasteiger partial charge on any atom is -0.493 e. The van der Waals surface area contributed by atoms with E-state index in [-0.39, 0.29) is 24.9 Å². The molecule has 4 aliphatic heterocycles. The fourth-order valence-corrected chi connectivity index (χ4v) is 9.35. The van der Waals surface area contributed by atoms with Gasteiger partial charge in [-0.15, -0.1) is 0 Å². The van der Waals surface area contributed by atoms with Gasteiger partial charge >= 0.3 is 6.18 Å². The Morgan fingerprint density at radius 1 is 0.911 bits per heavy atom. The second kappa shape index (κ2) is 11.7. The zero-order valence-corrected chi connectivity index (χ0v) is 25.6. The van der Waals surface area contributed by atoms with Crippen molar-refractivity contribution in [2.24, 2.45) is 0 Å². The molecule has 11 heteroatoms. The van der Waals surface area contributed by atoms with Crippen LogP contribution in [-0.4, -0.2) is 48.8 Å². The van der Waals surface area contributed by atoms with Crippen LogP contribution < -0.4 is 10.1 Å². The molecule has 2 atom stereocenters. The van der Waals surface area contributed by atoms with Gasteiger partial charge in [-0.3, -0.25) is 9.69 Å². The van der Waals surface area contributed by atoms with E-state index in [0.29, 0.717) is 43.2 Å². The summed E-state index contributed by atoms with van der Waals surface area (Å²) in [4.78, 5) is 15.8. The summed E-state index contributed by atoms with van der Waals surface area (Å²) in [6.45, 7) is 1.38. The van der Waals surface area contributed by atoms with Gasteiger partial charge in [0.15, 0.2) is 0 Å². The summed E-state index contributed by atoms with van der Waals surface area (Å²) in [7, 11) is -4.35. The molecule has 7 rings (SSSR count). The summed E-state index contributed by atoms with van der Waals surface area (Å²) >= 11 is 0. The number of rotatable bonds is 7. The molecule has 7 nitrogen and oxygen atoms in total. The molecule has 2 fully saturated rings. The lowest BCUT2D eigenvalue weighted by molar-refractivity contribution is -0.137. The molecule has 2 saturated heterocycles. The lowest BCUT2D eigenvalue weighted by Gasteiger charge is -2.36. The smallest absolute Gasteiger partial charge is 0.416 e. The van der Waals surface area contributed by atoms with Crippen LogP contribution in [0.3, 0.4) is 0 Å². The van der Waals surface area contributed by atoms with Crippen molar-refractivity contribution >= 4 is 15.9 Å². The van der Waals surface area contributed by atoms with Crippen molar-refractivity contribution in [3.8, 4) is 5.75 Å². The third kappa shape index (κ3) is 5.86. The molecular formula is C34H36F3N3O4S. The second-order valence-electron chi connectivity index (χ2n) is 12.6. The Hall–Kier alpha value is -3.41. The average Bonchev–Trinajstić information content (AvgIpc) is 3.59. The molecule has 4 aliphatic rings. The van der Waals surface area contributed by atoms with E-state index >= 15 is 0 Å². The number of nitrogens with zero attached hydrogens (tertiary/aromatic N) is 2. The minimum absolute atomic E-state index is 0.0507. The number of amides is 1. The van der Waals surface area contributed by atoms with Crippen molar-refractivity contribution in [3.63, 3.8) is 0 Å². The molecule has 3 aromatic carbocycles. The average molecular weight is 640 g/mol. The van der Waals surface area contributed by atoms with Gasteiger partial charge in [0.25, 0.3) is 0 Å². The molecule has 0 radical (unpaired) electrons. The van der Waals surface area contributed by atoms with Crippen LogP contribution in [0.4, 0.5) is 13.2 Å². The summed E-state index contributed by atoms with van der Waals surface area (Å²) in [5, 5.41) is 3.11. The van der Waals surface area contributed by atoms with E-state index in [1.165, 1.54) is 41.6 Å². The van der Waals surface area contributed by atoms with Crippen molar-refractivity contribution in [3.05, 3.63) is 94.5 Å². The van der Waals surface area contributed by atoms with Crippen LogP contribution in [-0.2, 0) is 34.0 Å². The quantitative estimate of drug-likeness (QED) is 0.336. The fraction of sp³-hybridized carbons (Fsp3) is 0.441. The maximum absolute atomic E-state index is 13.8. The molecule has 0 unspecified atom stereocenters. The van der Waals surface area contributed by atoms with Gasteiger partial charge in [0.05, 0.1) is 29.1 Å². The molecule has 1 amide bonds. The Bertz CT molecular complexity index is 1690.